The molecule has 0 aliphatic rings. The van der Waals surface area contributed by atoms with Crippen LogP contribution in [0.4, 0.5) is 17.1 Å². The van der Waals surface area contributed by atoms with Crippen molar-refractivity contribution in [2.24, 2.45) is 0 Å². The van der Waals surface area contributed by atoms with Crippen molar-refractivity contribution in [3.8, 4) is 5.75 Å². The number of nitrogens with zero attached hydrogens (tertiary/aromatic N) is 1. The Balaban J connectivity index is 1.70. The van der Waals surface area contributed by atoms with Crippen molar-refractivity contribution in [1.82, 2.24) is 4.98 Å². The second-order valence-electron chi connectivity index (χ2n) is 5.81. The number of anilines is 3. The van der Waals surface area contributed by atoms with Crippen LogP contribution in [0.3, 0.4) is 0 Å². The lowest BCUT2D eigenvalue weighted by Crippen LogP contribution is -2.14. The smallest absolute Gasteiger partial charge is 0.337 e. The number of aromatic nitrogens is 1. The van der Waals surface area contributed by atoms with E-state index in [2.05, 4.69) is 20.4 Å². The van der Waals surface area contributed by atoms with E-state index in [1.165, 1.54) is 7.11 Å². The number of methoxy groups -OCH3 is 2. The Morgan fingerprint density at radius 1 is 0.893 bits per heavy atom. The van der Waals surface area contributed by atoms with E-state index in [9.17, 15) is 9.59 Å². The molecule has 0 aliphatic heterocycles. The minimum Gasteiger partial charge on any atom is -0.497 e. The molecular formula is C21H19N3O4. The molecule has 0 aliphatic carbocycles. The molecule has 0 radical (unpaired) electrons. The van der Waals surface area contributed by atoms with E-state index in [1.54, 1.807) is 49.7 Å². The number of carbonyl (C=O) groups excluding carboxylic acids is 2. The topological polar surface area (TPSA) is 89.5 Å². The van der Waals surface area contributed by atoms with Crippen LogP contribution in [0.15, 0.2) is 66.9 Å². The normalized spacial score (nSPS) is 10.1. The number of nitrogens with one attached hydrogen (secondary N) is 2. The molecule has 0 bridgehead atoms. The maximum Gasteiger partial charge on any atom is 0.337 e. The van der Waals surface area contributed by atoms with Gasteiger partial charge in [0.2, 0.25) is 0 Å². The summed E-state index contributed by atoms with van der Waals surface area (Å²) >= 11 is 0. The van der Waals surface area contributed by atoms with Crippen molar-refractivity contribution < 1.29 is 19.1 Å². The van der Waals surface area contributed by atoms with E-state index < -0.39 is 5.97 Å². The highest BCUT2D eigenvalue weighted by Gasteiger charge is 2.10. The second-order valence-corrected chi connectivity index (χ2v) is 5.81. The average molecular weight is 377 g/mol. The number of hydrogen-bond acceptors (Lipinski definition) is 6. The van der Waals surface area contributed by atoms with Crippen molar-refractivity contribution in [2.75, 3.05) is 24.9 Å². The van der Waals surface area contributed by atoms with Crippen molar-refractivity contribution in [2.45, 2.75) is 0 Å². The summed E-state index contributed by atoms with van der Waals surface area (Å²) in [5.41, 5.74) is 2.75. The van der Waals surface area contributed by atoms with Crippen molar-refractivity contribution in [3.05, 3.63) is 78.1 Å². The number of carbonyl (C=O) groups is 2. The van der Waals surface area contributed by atoms with Gasteiger partial charge < -0.3 is 20.1 Å². The highest BCUT2D eigenvalue weighted by atomic mass is 16.5. The predicted octanol–water partition coefficient (Wildman–Crippen LogP) is 3.87. The Kier molecular flexibility index (Phi) is 5.86. The van der Waals surface area contributed by atoms with Crippen LogP contribution in [0.25, 0.3) is 0 Å². The highest BCUT2D eigenvalue weighted by Crippen LogP contribution is 2.21. The molecule has 142 valence electrons. The minimum absolute atomic E-state index is 0.255. The molecule has 1 heterocycles. The lowest BCUT2D eigenvalue weighted by atomic mass is 10.2. The summed E-state index contributed by atoms with van der Waals surface area (Å²) in [7, 11) is 2.92. The van der Waals surface area contributed by atoms with Gasteiger partial charge in [-0.25, -0.2) is 4.79 Å². The van der Waals surface area contributed by atoms with E-state index in [1.807, 2.05) is 24.3 Å². The fourth-order valence-corrected chi connectivity index (χ4v) is 2.50. The van der Waals surface area contributed by atoms with E-state index in [-0.39, 0.29) is 11.6 Å². The molecule has 0 spiro atoms. The first-order valence-corrected chi connectivity index (χ1v) is 8.46. The Morgan fingerprint density at radius 2 is 1.64 bits per heavy atom. The molecule has 0 atom stereocenters. The summed E-state index contributed by atoms with van der Waals surface area (Å²) < 4.78 is 9.86. The first-order valence-electron chi connectivity index (χ1n) is 8.46. The Morgan fingerprint density at radius 3 is 2.36 bits per heavy atom. The third kappa shape index (κ3) is 4.64. The van der Waals surface area contributed by atoms with Gasteiger partial charge in [0, 0.05) is 29.3 Å². The van der Waals surface area contributed by atoms with E-state index in [0.29, 0.717) is 11.3 Å². The summed E-state index contributed by atoms with van der Waals surface area (Å²) in [5, 5.41) is 5.96. The number of pyridine rings is 1. The van der Waals surface area contributed by atoms with Crippen LogP contribution in [-0.2, 0) is 4.74 Å². The van der Waals surface area contributed by atoms with Crippen LogP contribution < -0.4 is 15.4 Å². The zero-order valence-electron chi connectivity index (χ0n) is 15.4. The van der Waals surface area contributed by atoms with Crippen LogP contribution in [0.1, 0.15) is 20.8 Å². The zero-order chi connectivity index (χ0) is 19.9. The molecule has 7 nitrogen and oxygen atoms in total. The molecular weight excluding hydrogens is 358 g/mol. The van der Waals surface area contributed by atoms with Crippen molar-refractivity contribution >= 4 is 28.9 Å². The maximum atomic E-state index is 12.5. The SMILES string of the molecule is COC(=O)c1ccc(NC(=O)c2cc(Nc3cccc(OC)c3)ccn2)cc1. The summed E-state index contributed by atoms with van der Waals surface area (Å²) in [4.78, 5) is 28.1. The predicted molar refractivity (Wildman–Crippen MR) is 106 cm³/mol. The largest absolute Gasteiger partial charge is 0.497 e. The van der Waals surface area contributed by atoms with Crippen LogP contribution >= 0.6 is 0 Å². The Labute approximate surface area is 162 Å². The molecule has 2 aromatic carbocycles. The Bertz CT molecular complexity index is 987. The van der Waals surface area contributed by atoms with E-state index in [0.717, 1.165) is 17.1 Å². The van der Waals surface area contributed by atoms with Gasteiger partial charge in [-0.3, -0.25) is 9.78 Å². The monoisotopic (exact) mass is 377 g/mol. The van der Waals surface area contributed by atoms with Gasteiger partial charge in [0.15, 0.2) is 0 Å². The number of rotatable bonds is 6. The minimum atomic E-state index is -0.434. The van der Waals surface area contributed by atoms with Crippen LogP contribution in [0, 0.1) is 0 Å². The van der Waals surface area contributed by atoms with Gasteiger partial charge in [-0.05, 0) is 48.5 Å². The molecule has 1 aromatic heterocycles. The molecule has 0 unspecified atom stereocenters. The molecule has 3 aromatic rings. The van der Waals surface area contributed by atoms with Gasteiger partial charge in [-0.2, -0.15) is 0 Å². The van der Waals surface area contributed by atoms with Crippen LogP contribution in [0.2, 0.25) is 0 Å². The summed E-state index contributed by atoms with van der Waals surface area (Å²) in [5.74, 6) is -0.0663. The fraction of sp³-hybridized carbons (Fsp3) is 0.0952. The number of benzene rings is 2. The third-order valence-electron chi connectivity index (χ3n) is 3.91. The molecule has 28 heavy (non-hydrogen) atoms. The molecule has 0 fully saturated rings. The second kappa shape index (κ2) is 8.68. The van der Waals surface area contributed by atoms with Gasteiger partial charge in [-0.1, -0.05) is 6.07 Å². The first-order chi connectivity index (χ1) is 13.6. The lowest BCUT2D eigenvalue weighted by Gasteiger charge is -2.10. The standard InChI is InChI=1S/C21H19N3O4/c1-27-18-5-3-4-16(12-18)23-17-10-11-22-19(13-17)20(25)24-15-8-6-14(7-9-15)21(26)28-2/h3-13H,1-2H3,(H,22,23)(H,24,25). The number of ether oxygens (including phenoxy) is 2. The average Bonchev–Trinajstić information content (AvgIpc) is 2.74. The van der Waals surface area contributed by atoms with Gasteiger partial charge in [0.25, 0.3) is 5.91 Å². The Hall–Kier alpha value is -3.87. The summed E-state index contributed by atoms with van der Waals surface area (Å²) in [6.45, 7) is 0. The fourth-order valence-electron chi connectivity index (χ4n) is 2.50. The number of amides is 1. The van der Waals surface area contributed by atoms with Crippen molar-refractivity contribution in [1.29, 1.82) is 0 Å². The van der Waals surface area contributed by atoms with Gasteiger partial charge in [-0.15, -0.1) is 0 Å². The molecule has 2 N–H and O–H groups in total. The summed E-state index contributed by atoms with van der Waals surface area (Å²) in [6, 6.07) is 17.3. The van der Waals surface area contributed by atoms with Crippen LogP contribution in [0.5, 0.6) is 5.75 Å². The summed E-state index contributed by atoms with van der Waals surface area (Å²) in [6.07, 6.45) is 1.55. The van der Waals surface area contributed by atoms with Gasteiger partial charge in [0.05, 0.1) is 19.8 Å². The van der Waals surface area contributed by atoms with E-state index >= 15 is 0 Å². The quantitative estimate of drug-likeness (QED) is 0.634. The lowest BCUT2D eigenvalue weighted by molar-refractivity contribution is 0.0600. The molecule has 3 rings (SSSR count). The highest BCUT2D eigenvalue weighted by molar-refractivity contribution is 6.03. The number of hydrogen-bond donors (Lipinski definition) is 2. The molecule has 0 saturated heterocycles. The molecule has 7 heteroatoms. The van der Waals surface area contributed by atoms with Gasteiger partial charge in [0.1, 0.15) is 11.4 Å². The number of esters is 1. The van der Waals surface area contributed by atoms with Crippen LogP contribution in [-0.4, -0.2) is 31.1 Å². The molecule has 0 saturated carbocycles. The van der Waals surface area contributed by atoms with Crippen molar-refractivity contribution in [3.63, 3.8) is 0 Å². The van der Waals surface area contributed by atoms with E-state index in [4.69, 9.17) is 4.74 Å². The maximum absolute atomic E-state index is 12.5. The first kappa shape index (κ1) is 18.9. The third-order valence-corrected chi connectivity index (χ3v) is 3.91. The molecule has 1 amide bonds. The zero-order valence-corrected chi connectivity index (χ0v) is 15.4. The van der Waals surface area contributed by atoms with Gasteiger partial charge >= 0.3 is 5.97 Å².